The summed E-state index contributed by atoms with van der Waals surface area (Å²) in [5.41, 5.74) is 1.44. The Morgan fingerprint density at radius 1 is 1.00 bits per heavy atom. The van der Waals surface area contributed by atoms with Crippen molar-refractivity contribution in [3.63, 3.8) is 0 Å². The fourth-order valence-electron chi connectivity index (χ4n) is 2.32. The van der Waals surface area contributed by atoms with Gasteiger partial charge >= 0.3 is 0 Å². The Labute approximate surface area is 92.0 Å². The van der Waals surface area contributed by atoms with Gasteiger partial charge in [0.1, 0.15) is 0 Å². The Morgan fingerprint density at radius 3 is 2.29 bits per heavy atom. The first-order valence-electron chi connectivity index (χ1n) is 5.51. The van der Waals surface area contributed by atoms with Gasteiger partial charge in [-0.15, -0.1) is 0 Å². The zero-order chi connectivity index (χ0) is 9.86. The van der Waals surface area contributed by atoms with Crippen molar-refractivity contribution in [3.8, 4) is 0 Å². The van der Waals surface area contributed by atoms with Crippen molar-refractivity contribution in [2.24, 2.45) is 0 Å². The first-order chi connectivity index (χ1) is 6.79. The normalized spacial score (nSPS) is 20.6. The Balaban J connectivity index is 2.02. The van der Waals surface area contributed by atoms with E-state index in [-0.39, 0.29) is 0 Å². The van der Waals surface area contributed by atoms with Crippen LogP contribution in [0.2, 0.25) is 12.1 Å². The second-order valence-electron chi connectivity index (χ2n) is 4.37. The SMILES string of the molecule is Cl[Si]1(Cc2ccccc2)CCCCC1. The van der Waals surface area contributed by atoms with Crippen molar-refractivity contribution in [2.45, 2.75) is 37.4 Å². The van der Waals surface area contributed by atoms with Crippen LogP contribution in [0.1, 0.15) is 24.8 Å². The molecule has 0 radical (unpaired) electrons. The van der Waals surface area contributed by atoms with Gasteiger partial charge in [-0.2, -0.15) is 11.1 Å². The fourth-order valence-corrected chi connectivity index (χ4v) is 6.93. The van der Waals surface area contributed by atoms with E-state index in [4.69, 9.17) is 11.1 Å². The molecule has 1 aromatic rings. The van der Waals surface area contributed by atoms with Crippen LogP contribution in [-0.2, 0) is 6.04 Å². The van der Waals surface area contributed by atoms with Crippen molar-refractivity contribution in [3.05, 3.63) is 35.9 Å². The lowest BCUT2D eigenvalue weighted by molar-refractivity contribution is 0.715. The molecule has 1 fully saturated rings. The first-order valence-corrected chi connectivity index (χ1v) is 9.15. The van der Waals surface area contributed by atoms with E-state index in [1.165, 1.54) is 43.0 Å². The van der Waals surface area contributed by atoms with Gasteiger partial charge in [-0.05, 0) is 23.7 Å². The Kier molecular flexibility index (Phi) is 3.29. The van der Waals surface area contributed by atoms with Gasteiger partial charge in [0.2, 0.25) is 0 Å². The van der Waals surface area contributed by atoms with Gasteiger partial charge in [0.05, 0.1) is 0 Å². The lowest BCUT2D eigenvalue weighted by atomic mass is 10.2. The molecule has 14 heavy (non-hydrogen) atoms. The Morgan fingerprint density at radius 2 is 1.64 bits per heavy atom. The summed E-state index contributed by atoms with van der Waals surface area (Å²) in [7, 11) is -1.41. The van der Waals surface area contributed by atoms with Gasteiger partial charge in [-0.3, -0.25) is 0 Å². The number of hydrogen-bond acceptors (Lipinski definition) is 0. The molecular formula is C12H17ClSi. The standard InChI is InChI=1S/C12H17ClSi/c13-14(9-5-2-6-10-14)11-12-7-3-1-4-8-12/h1,3-4,7-8H,2,5-6,9-11H2. The molecule has 0 amide bonds. The molecule has 2 heteroatoms. The number of halogens is 1. The molecule has 0 N–H and O–H groups in total. The van der Waals surface area contributed by atoms with Crippen molar-refractivity contribution in [2.75, 3.05) is 0 Å². The highest BCUT2D eigenvalue weighted by Gasteiger charge is 2.32. The topological polar surface area (TPSA) is 0 Å². The van der Waals surface area contributed by atoms with E-state index in [0.717, 1.165) is 0 Å². The highest BCUT2D eigenvalue weighted by atomic mass is 35.6. The molecule has 0 spiro atoms. The number of hydrogen-bond donors (Lipinski definition) is 0. The van der Waals surface area contributed by atoms with Gasteiger partial charge < -0.3 is 0 Å². The van der Waals surface area contributed by atoms with Gasteiger partial charge in [0.25, 0.3) is 0 Å². The van der Waals surface area contributed by atoms with Crippen molar-refractivity contribution >= 4 is 18.5 Å². The summed E-state index contributed by atoms with van der Waals surface area (Å²) in [5, 5.41) is 0. The van der Waals surface area contributed by atoms with Crippen molar-refractivity contribution in [1.29, 1.82) is 0 Å². The molecule has 76 valence electrons. The van der Waals surface area contributed by atoms with E-state index < -0.39 is 7.38 Å². The molecule has 0 bridgehead atoms. The smallest absolute Gasteiger partial charge is 0.160 e. The average Bonchev–Trinajstić information content (AvgIpc) is 2.19. The molecule has 0 nitrogen and oxygen atoms in total. The predicted molar refractivity (Wildman–Crippen MR) is 65.2 cm³/mol. The van der Waals surface area contributed by atoms with Crippen molar-refractivity contribution < 1.29 is 0 Å². The zero-order valence-electron chi connectivity index (χ0n) is 8.51. The summed E-state index contributed by atoms with van der Waals surface area (Å²) in [4.78, 5) is 0. The van der Waals surface area contributed by atoms with Gasteiger partial charge in [-0.25, -0.2) is 0 Å². The average molecular weight is 225 g/mol. The molecule has 1 saturated heterocycles. The molecule has 0 aromatic heterocycles. The van der Waals surface area contributed by atoms with Crippen LogP contribution in [0.3, 0.4) is 0 Å². The van der Waals surface area contributed by atoms with E-state index in [9.17, 15) is 0 Å². The Bertz CT molecular complexity index is 278. The van der Waals surface area contributed by atoms with Crippen LogP contribution in [0.15, 0.2) is 30.3 Å². The highest BCUT2D eigenvalue weighted by molar-refractivity contribution is 7.20. The van der Waals surface area contributed by atoms with Gasteiger partial charge in [-0.1, -0.05) is 49.6 Å². The minimum Gasteiger partial charge on any atom is -0.167 e. The third-order valence-corrected chi connectivity index (χ3v) is 8.19. The summed E-state index contributed by atoms with van der Waals surface area (Å²) >= 11 is 6.75. The van der Waals surface area contributed by atoms with Crippen LogP contribution >= 0.6 is 11.1 Å². The lowest BCUT2D eigenvalue weighted by Gasteiger charge is -2.28. The molecule has 2 rings (SSSR count). The van der Waals surface area contributed by atoms with Crippen LogP contribution in [0.25, 0.3) is 0 Å². The third kappa shape index (κ3) is 2.61. The van der Waals surface area contributed by atoms with E-state index >= 15 is 0 Å². The zero-order valence-corrected chi connectivity index (χ0v) is 10.3. The van der Waals surface area contributed by atoms with Crippen LogP contribution in [0, 0.1) is 0 Å². The van der Waals surface area contributed by atoms with Crippen LogP contribution in [0.4, 0.5) is 0 Å². The minimum atomic E-state index is -1.41. The van der Waals surface area contributed by atoms with Crippen LogP contribution < -0.4 is 0 Å². The van der Waals surface area contributed by atoms with Crippen molar-refractivity contribution in [1.82, 2.24) is 0 Å². The third-order valence-electron chi connectivity index (χ3n) is 3.11. The molecule has 0 unspecified atom stereocenters. The van der Waals surface area contributed by atoms with E-state index in [2.05, 4.69) is 30.3 Å². The number of benzene rings is 1. The van der Waals surface area contributed by atoms with Gasteiger partial charge in [0, 0.05) is 0 Å². The monoisotopic (exact) mass is 224 g/mol. The molecule has 0 saturated carbocycles. The summed E-state index contributed by atoms with van der Waals surface area (Å²) in [6.07, 6.45) is 4.13. The molecule has 1 aliphatic rings. The van der Waals surface area contributed by atoms with E-state index in [0.29, 0.717) is 0 Å². The molecule has 0 aliphatic carbocycles. The van der Waals surface area contributed by atoms with Crippen LogP contribution in [-0.4, -0.2) is 7.38 Å². The maximum Gasteiger partial charge on any atom is 0.160 e. The second kappa shape index (κ2) is 4.50. The van der Waals surface area contributed by atoms with E-state index in [1.54, 1.807) is 0 Å². The predicted octanol–water partition coefficient (Wildman–Crippen LogP) is 4.14. The lowest BCUT2D eigenvalue weighted by Crippen LogP contribution is -2.32. The minimum absolute atomic E-state index is 1.18. The van der Waals surface area contributed by atoms with Crippen LogP contribution in [0.5, 0.6) is 0 Å². The maximum atomic E-state index is 6.75. The molecule has 1 heterocycles. The quantitative estimate of drug-likeness (QED) is 0.523. The highest BCUT2D eigenvalue weighted by Crippen LogP contribution is 2.34. The van der Waals surface area contributed by atoms with Gasteiger partial charge in [0.15, 0.2) is 7.38 Å². The molecule has 0 atom stereocenters. The summed E-state index contributed by atoms with van der Waals surface area (Å²) < 4.78 is 0. The summed E-state index contributed by atoms with van der Waals surface area (Å²) in [6, 6.07) is 14.6. The fraction of sp³-hybridized carbons (Fsp3) is 0.500. The molecular weight excluding hydrogens is 208 g/mol. The molecule has 1 aromatic carbocycles. The number of rotatable bonds is 2. The second-order valence-corrected chi connectivity index (χ2v) is 10.4. The van der Waals surface area contributed by atoms with E-state index in [1.807, 2.05) is 0 Å². The maximum absolute atomic E-state index is 6.75. The molecule has 1 aliphatic heterocycles. The Hall–Kier alpha value is -0.273. The summed E-state index contributed by atoms with van der Waals surface area (Å²) in [6.45, 7) is 0. The first kappa shape index (κ1) is 10.3. The largest absolute Gasteiger partial charge is 0.167 e. The summed E-state index contributed by atoms with van der Waals surface area (Å²) in [5.74, 6) is 0.